The minimum Gasteiger partial charge on any atom is -0.242 e. The quantitative estimate of drug-likeness (QED) is 0.909. The Labute approximate surface area is 112 Å². The maximum Gasteiger partial charge on any atom is 0.0976 e. The van der Waals surface area contributed by atoms with Crippen molar-refractivity contribution in [1.82, 2.24) is 4.72 Å². The summed E-state index contributed by atoms with van der Waals surface area (Å²) in [5, 5.41) is 8.88. The molecule has 0 fully saturated rings. The first-order chi connectivity index (χ1) is 8.34. The van der Waals surface area contributed by atoms with Crippen LogP contribution in [0, 0.1) is 18.3 Å². The summed E-state index contributed by atoms with van der Waals surface area (Å²) < 4.78 is 14.8. The highest BCUT2D eigenvalue weighted by Gasteiger charge is 2.23. The highest BCUT2D eigenvalue weighted by atomic mass is 32.2. The molecule has 0 saturated carbocycles. The molecule has 0 aliphatic carbocycles. The molecule has 0 saturated heterocycles. The molecule has 0 heterocycles. The molecule has 2 atom stereocenters. The van der Waals surface area contributed by atoms with Crippen LogP contribution in [-0.4, -0.2) is 8.96 Å². The van der Waals surface area contributed by atoms with Gasteiger partial charge in [-0.2, -0.15) is 5.26 Å². The Kier molecular flexibility index (Phi) is 5.06. The molecule has 3 nitrogen and oxygen atoms in total. The lowest BCUT2D eigenvalue weighted by Crippen LogP contribution is -2.35. The summed E-state index contributed by atoms with van der Waals surface area (Å²) in [6, 6.07) is 9.91. The number of nitrogens with one attached hydrogen (secondary N) is 1. The average molecular weight is 264 g/mol. The van der Waals surface area contributed by atoms with Crippen LogP contribution in [0.3, 0.4) is 0 Å². The first-order valence-corrected chi connectivity index (χ1v) is 7.11. The summed E-state index contributed by atoms with van der Waals surface area (Å²) in [6.07, 6.45) is 0.310. The normalized spacial score (nSPS) is 14.8. The Morgan fingerprint density at radius 2 is 1.89 bits per heavy atom. The third-order valence-corrected chi connectivity index (χ3v) is 4.19. The van der Waals surface area contributed by atoms with E-state index >= 15 is 0 Å². The SMILES string of the molecule is Cc1ccc([C@@H](CC#N)N[S@](=O)C(C)(C)C)cc1. The van der Waals surface area contributed by atoms with Gasteiger partial charge in [-0.3, -0.25) is 0 Å². The zero-order chi connectivity index (χ0) is 13.8. The summed E-state index contributed by atoms with van der Waals surface area (Å²) in [5.41, 5.74) is 2.17. The fourth-order valence-electron chi connectivity index (χ4n) is 1.42. The van der Waals surface area contributed by atoms with E-state index in [4.69, 9.17) is 5.26 Å². The van der Waals surface area contributed by atoms with Crippen LogP contribution in [0.5, 0.6) is 0 Å². The van der Waals surface area contributed by atoms with Crippen molar-refractivity contribution in [2.45, 2.75) is 44.9 Å². The molecule has 0 radical (unpaired) electrons. The van der Waals surface area contributed by atoms with E-state index in [1.165, 1.54) is 5.56 Å². The number of benzene rings is 1. The first kappa shape index (κ1) is 14.9. The summed E-state index contributed by atoms with van der Waals surface area (Å²) in [6.45, 7) is 7.75. The standard InChI is InChI=1S/C14H20N2OS/c1-11-5-7-12(8-6-11)13(9-10-15)16-18(17)14(2,3)4/h5-8,13,16H,9H2,1-4H3/t13-,18-/m1/s1. The van der Waals surface area contributed by atoms with Crippen LogP contribution in [0.15, 0.2) is 24.3 Å². The minimum atomic E-state index is -1.18. The summed E-state index contributed by atoms with van der Waals surface area (Å²) in [5.74, 6) is 0. The number of hydrogen-bond donors (Lipinski definition) is 1. The molecule has 0 aliphatic rings. The van der Waals surface area contributed by atoms with Gasteiger partial charge in [-0.25, -0.2) is 8.93 Å². The van der Waals surface area contributed by atoms with Crippen LogP contribution in [0.25, 0.3) is 0 Å². The second-order valence-corrected chi connectivity index (χ2v) is 7.32. The lowest BCUT2D eigenvalue weighted by atomic mass is 10.0. The van der Waals surface area contributed by atoms with E-state index in [1.807, 2.05) is 52.0 Å². The second kappa shape index (κ2) is 6.12. The molecule has 98 valence electrons. The van der Waals surface area contributed by atoms with Crippen molar-refractivity contribution < 1.29 is 4.21 Å². The van der Waals surface area contributed by atoms with Gasteiger partial charge in [0.15, 0.2) is 0 Å². The number of aryl methyl sites for hydroxylation is 1. The van der Waals surface area contributed by atoms with Crippen LogP contribution in [0.1, 0.15) is 44.4 Å². The van der Waals surface area contributed by atoms with Gasteiger partial charge >= 0.3 is 0 Å². The fourth-order valence-corrected chi connectivity index (χ4v) is 2.25. The molecule has 0 amide bonds. The smallest absolute Gasteiger partial charge is 0.0976 e. The Balaban J connectivity index is 2.87. The zero-order valence-corrected chi connectivity index (χ0v) is 12.2. The van der Waals surface area contributed by atoms with Gasteiger partial charge in [-0.05, 0) is 33.3 Å². The van der Waals surface area contributed by atoms with Gasteiger partial charge in [0.2, 0.25) is 0 Å². The Morgan fingerprint density at radius 3 is 2.33 bits per heavy atom. The number of rotatable bonds is 4. The van der Waals surface area contributed by atoms with Crippen LogP contribution in [-0.2, 0) is 11.0 Å². The molecular formula is C14H20N2OS. The van der Waals surface area contributed by atoms with E-state index in [-0.39, 0.29) is 10.8 Å². The summed E-state index contributed by atoms with van der Waals surface area (Å²) in [7, 11) is -1.18. The Morgan fingerprint density at radius 1 is 1.33 bits per heavy atom. The summed E-state index contributed by atoms with van der Waals surface area (Å²) >= 11 is 0. The van der Waals surface area contributed by atoms with E-state index in [2.05, 4.69) is 10.8 Å². The highest BCUT2D eigenvalue weighted by Crippen LogP contribution is 2.20. The molecule has 18 heavy (non-hydrogen) atoms. The van der Waals surface area contributed by atoms with E-state index < -0.39 is 11.0 Å². The highest BCUT2D eigenvalue weighted by molar-refractivity contribution is 7.84. The molecular weight excluding hydrogens is 244 g/mol. The first-order valence-electron chi connectivity index (χ1n) is 5.96. The predicted molar refractivity (Wildman–Crippen MR) is 75.2 cm³/mol. The van der Waals surface area contributed by atoms with Crippen molar-refractivity contribution >= 4 is 11.0 Å². The van der Waals surface area contributed by atoms with Gasteiger partial charge in [-0.1, -0.05) is 29.8 Å². The lowest BCUT2D eigenvalue weighted by molar-refractivity contribution is 0.603. The lowest BCUT2D eigenvalue weighted by Gasteiger charge is -2.23. The van der Waals surface area contributed by atoms with Crippen molar-refractivity contribution in [3.8, 4) is 6.07 Å². The second-order valence-electron chi connectivity index (χ2n) is 5.32. The molecule has 0 aromatic heterocycles. The molecule has 0 bridgehead atoms. The van der Waals surface area contributed by atoms with Crippen LogP contribution in [0.4, 0.5) is 0 Å². The third-order valence-electron chi connectivity index (χ3n) is 2.58. The number of nitrogens with zero attached hydrogens (tertiary/aromatic N) is 1. The van der Waals surface area contributed by atoms with E-state index in [0.717, 1.165) is 5.56 Å². The van der Waals surface area contributed by atoms with Crippen LogP contribution >= 0.6 is 0 Å². The molecule has 1 aromatic rings. The Bertz CT molecular complexity index is 454. The van der Waals surface area contributed by atoms with E-state index in [0.29, 0.717) is 6.42 Å². The van der Waals surface area contributed by atoms with Crippen molar-refractivity contribution in [3.63, 3.8) is 0 Å². The topological polar surface area (TPSA) is 52.9 Å². The molecule has 1 aromatic carbocycles. The maximum atomic E-state index is 12.1. The molecule has 4 heteroatoms. The Hall–Kier alpha value is -1.18. The largest absolute Gasteiger partial charge is 0.242 e. The minimum absolute atomic E-state index is 0.185. The van der Waals surface area contributed by atoms with Crippen LogP contribution in [0.2, 0.25) is 0 Å². The van der Waals surface area contributed by atoms with E-state index in [9.17, 15) is 4.21 Å². The van der Waals surface area contributed by atoms with Gasteiger partial charge in [0, 0.05) is 0 Å². The molecule has 0 aliphatic heterocycles. The van der Waals surface area contributed by atoms with Crippen molar-refractivity contribution in [2.75, 3.05) is 0 Å². The molecule has 0 unspecified atom stereocenters. The van der Waals surface area contributed by atoms with Crippen molar-refractivity contribution in [2.24, 2.45) is 0 Å². The van der Waals surface area contributed by atoms with Gasteiger partial charge in [0.25, 0.3) is 0 Å². The molecule has 0 spiro atoms. The molecule has 1 N–H and O–H groups in total. The average Bonchev–Trinajstić information content (AvgIpc) is 2.28. The fraction of sp³-hybridized carbons (Fsp3) is 0.500. The van der Waals surface area contributed by atoms with Gasteiger partial charge in [-0.15, -0.1) is 0 Å². The monoisotopic (exact) mass is 264 g/mol. The van der Waals surface area contributed by atoms with Crippen LogP contribution < -0.4 is 4.72 Å². The van der Waals surface area contributed by atoms with Crippen molar-refractivity contribution in [1.29, 1.82) is 5.26 Å². The zero-order valence-electron chi connectivity index (χ0n) is 11.4. The van der Waals surface area contributed by atoms with E-state index in [1.54, 1.807) is 0 Å². The number of hydrogen-bond acceptors (Lipinski definition) is 2. The molecule has 1 rings (SSSR count). The maximum absolute atomic E-state index is 12.1. The predicted octanol–water partition coefficient (Wildman–Crippen LogP) is 3.00. The van der Waals surface area contributed by atoms with Gasteiger partial charge < -0.3 is 0 Å². The summed E-state index contributed by atoms with van der Waals surface area (Å²) in [4.78, 5) is 0. The number of nitriles is 1. The van der Waals surface area contributed by atoms with Gasteiger partial charge in [0.05, 0.1) is 34.3 Å². The third kappa shape index (κ3) is 4.25. The van der Waals surface area contributed by atoms with Gasteiger partial charge in [0.1, 0.15) is 0 Å². The van der Waals surface area contributed by atoms with Crippen molar-refractivity contribution in [3.05, 3.63) is 35.4 Å².